The standard InChI is InChI=1S/C14H22N4O2S/c1-8-5-6-18(7-10(8)20-2)13(19)11-12(15)17-14(21-11)16-9-3-4-9/h8-10H,3-7,15H2,1-2H3,(H,16,17). The minimum atomic E-state index is -0.0252. The number of amides is 1. The molecule has 7 heteroatoms. The first-order chi connectivity index (χ1) is 10.1. The number of nitrogens with zero attached hydrogens (tertiary/aromatic N) is 2. The van der Waals surface area contributed by atoms with Gasteiger partial charge < -0.3 is 20.7 Å². The second-order valence-corrected chi connectivity index (χ2v) is 6.94. The highest BCUT2D eigenvalue weighted by Gasteiger charge is 2.31. The summed E-state index contributed by atoms with van der Waals surface area (Å²) in [5.74, 6) is 0.786. The Balaban J connectivity index is 1.70. The maximum Gasteiger partial charge on any atom is 0.267 e. The number of hydrogen-bond donors (Lipinski definition) is 2. The van der Waals surface area contributed by atoms with Crippen LogP contribution in [-0.2, 0) is 4.74 Å². The van der Waals surface area contributed by atoms with Crippen molar-refractivity contribution in [3.63, 3.8) is 0 Å². The summed E-state index contributed by atoms with van der Waals surface area (Å²) in [7, 11) is 1.70. The number of anilines is 2. The molecule has 2 unspecified atom stereocenters. The highest BCUT2D eigenvalue weighted by Crippen LogP contribution is 2.32. The molecule has 116 valence electrons. The number of aromatic nitrogens is 1. The van der Waals surface area contributed by atoms with Crippen LogP contribution in [0.4, 0.5) is 10.9 Å². The van der Waals surface area contributed by atoms with Crippen LogP contribution in [0.3, 0.4) is 0 Å². The molecule has 0 spiro atoms. The molecule has 21 heavy (non-hydrogen) atoms. The van der Waals surface area contributed by atoms with Gasteiger partial charge in [0.15, 0.2) is 5.13 Å². The van der Waals surface area contributed by atoms with Gasteiger partial charge in [0.1, 0.15) is 10.7 Å². The molecule has 2 aliphatic rings. The van der Waals surface area contributed by atoms with E-state index < -0.39 is 0 Å². The first-order valence-corrected chi connectivity index (χ1v) is 8.25. The Morgan fingerprint density at radius 2 is 2.24 bits per heavy atom. The van der Waals surface area contributed by atoms with Crippen molar-refractivity contribution in [2.75, 3.05) is 31.2 Å². The zero-order valence-electron chi connectivity index (χ0n) is 12.5. The molecule has 6 nitrogen and oxygen atoms in total. The van der Waals surface area contributed by atoms with Crippen LogP contribution in [-0.4, -0.2) is 48.1 Å². The van der Waals surface area contributed by atoms with E-state index in [2.05, 4.69) is 17.2 Å². The van der Waals surface area contributed by atoms with Crippen molar-refractivity contribution in [1.82, 2.24) is 9.88 Å². The number of likely N-dealkylation sites (tertiary alicyclic amines) is 1. The summed E-state index contributed by atoms with van der Waals surface area (Å²) in [5.41, 5.74) is 5.92. The predicted molar refractivity (Wildman–Crippen MR) is 83.7 cm³/mol. The molecule has 2 heterocycles. The van der Waals surface area contributed by atoms with E-state index >= 15 is 0 Å². The molecule has 0 radical (unpaired) electrons. The topological polar surface area (TPSA) is 80.5 Å². The normalized spacial score (nSPS) is 25.9. The van der Waals surface area contributed by atoms with E-state index in [9.17, 15) is 4.79 Å². The minimum absolute atomic E-state index is 0.0252. The summed E-state index contributed by atoms with van der Waals surface area (Å²) in [6.45, 7) is 3.54. The van der Waals surface area contributed by atoms with Gasteiger partial charge in [-0.3, -0.25) is 4.79 Å². The van der Waals surface area contributed by atoms with Gasteiger partial charge in [-0.15, -0.1) is 0 Å². The van der Waals surface area contributed by atoms with Crippen LogP contribution in [0.2, 0.25) is 0 Å². The molecular weight excluding hydrogens is 288 g/mol. The average Bonchev–Trinajstić information content (AvgIpc) is 3.20. The lowest BCUT2D eigenvalue weighted by Gasteiger charge is -2.35. The lowest BCUT2D eigenvalue weighted by molar-refractivity contribution is -0.00136. The molecule has 1 aromatic rings. The van der Waals surface area contributed by atoms with Gasteiger partial charge in [-0.2, -0.15) is 0 Å². The van der Waals surface area contributed by atoms with Crippen molar-refractivity contribution >= 4 is 28.2 Å². The number of carbonyl (C=O) groups is 1. The first kappa shape index (κ1) is 14.6. The van der Waals surface area contributed by atoms with Gasteiger partial charge in [0, 0.05) is 26.2 Å². The number of thiazole rings is 1. The number of piperidine rings is 1. The van der Waals surface area contributed by atoms with Crippen LogP contribution in [0.5, 0.6) is 0 Å². The van der Waals surface area contributed by atoms with Gasteiger partial charge in [0.2, 0.25) is 0 Å². The molecule has 1 aliphatic heterocycles. The molecule has 2 atom stereocenters. The monoisotopic (exact) mass is 310 g/mol. The van der Waals surface area contributed by atoms with Crippen molar-refractivity contribution in [3.05, 3.63) is 4.88 Å². The van der Waals surface area contributed by atoms with Crippen molar-refractivity contribution in [2.24, 2.45) is 5.92 Å². The number of rotatable bonds is 4. The molecule has 3 rings (SSSR count). The Kier molecular flexibility index (Phi) is 4.03. The smallest absolute Gasteiger partial charge is 0.267 e. The van der Waals surface area contributed by atoms with Gasteiger partial charge in [-0.1, -0.05) is 18.3 Å². The zero-order chi connectivity index (χ0) is 15.0. The van der Waals surface area contributed by atoms with E-state index in [1.54, 1.807) is 7.11 Å². The van der Waals surface area contributed by atoms with E-state index in [1.165, 1.54) is 24.2 Å². The predicted octanol–water partition coefficient (Wildman–Crippen LogP) is 1.80. The number of carbonyl (C=O) groups excluding carboxylic acids is 1. The number of ether oxygens (including phenoxy) is 1. The lowest BCUT2D eigenvalue weighted by Crippen LogP contribution is -2.46. The van der Waals surface area contributed by atoms with Crippen LogP contribution in [0.15, 0.2) is 0 Å². The Morgan fingerprint density at radius 3 is 2.90 bits per heavy atom. The molecule has 2 fully saturated rings. The Bertz CT molecular complexity index is 529. The molecule has 0 aromatic carbocycles. The molecule has 3 N–H and O–H groups in total. The Labute approximate surface area is 128 Å². The molecule has 1 saturated carbocycles. The van der Waals surface area contributed by atoms with Gasteiger partial charge in [-0.05, 0) is 25.2 Å². The number of nitrogens with two attached hydrogens (primary N) is 1. The average molecular weight is 310 g/mol. The van der Waals surface area contributed by atoms with E-state index in [0.29, 0.717) is 29.2 Å². The SMILES string of the molecule is COC1CN(C(=O)c2sc(NC3CC3)nc2N)CCC1C. The quantitative estimate of drug-likeness (QED) is 0.886. The summed E-state index contributed by atoms with van der Waals surface area (Å²) in [6.07, 6.45) is 3.39. The Hall–Kier alpha value is -1.34. The van der Waals surface area contributed by atoms with Gasteiger partial charge in [0.05, 0.1) is 6.10 Å². The second-order valence-electron chi connectivity index (χ2n) is 5.94. The highest BCUT2D eigenvalue weighted by atomic mass is 32.1. The van der Waals surface area contributed by atoms with Crippen LogP contribution in [0.1, 0.15) is 35.9 Å². The third-order valence-electron chi connectivity index (χ3n) is 4.23. The second kappa shape index (κ2) is 5.81. The maximum atomic E-state index is 12.6. The lowest BCUT2D eigenvalue weighted by atomic mass is 9.96. The van der Waals surface area contributed by atoms with Crippen molar-refractivity contribution in [3.8, 4) is 0 Å². The minimum Gasteiger partial charge on any atom is -0.382 e. The molecule has 1 aliphatic carbocycles. The summed E-state index contributed by atoms with van der Waals surface area (Å²) >= 11 is 1.36. The van der Waals surface area contributed by atoms with Gasteiger partial charge in [0.25, 0.3) is 5.91 Å². The fourth-order valence-corrected chi connectivity index (χ4v) is 3.55. The molecule has 1 aromatic heterocycles. The number of hydrogen-bond acceptors (Lipinski definition) is 6. The largest absolute Gasteiger partial charge is 0.382 e. The first-order valence-electron chi connectivity index (χ1n) is 7.43. The summed E-state index contributed by atoms with van der Waals surface area (Å²) in [4.78, 5) is 19.3. The molecule has 0 bridgehead atoms. The summed E-state index contributed by atoms with van der Waals surface area (Å²) in [5, 5.41) is 4.05. The van der Waals surface area contributed by atoms with E-state index in [4.69, 9.17) is 10.5 Å². The number of nitrogens with one attached hydrogen (secondary N) is 1. The van der Waals surface area contributed by atoms with Crippen molar-refractivity contribution in [1.29, 1.82) is 0 Å². The van der Waals surface area contributed by atoms with Crippen LogP contribution in [0, 0.1) is 5.92 Å². The third-order valence-corrected chi connectivity index (χ3v) is 5.22. The van der Waals surface area contributed by atoms with Crippen molar-refractivity contribution < 1.29 is 9.53 Å². The van der Waals surface area contributed by atoms with Gasteiger partial charge >= 0.3 is 0 Å². The molecule has 1 saturated heterocycles. The molecular formula is C14H22N4O2S. The number of methoxy groups -OCH3 is 1. The Morgan fingerprint density at radius 1 is 1.48 bits per heavy atom. The van der Waals surface area contributed by atoms with E-state index in [0.717, 1.165) is 18.1 Å². The zero-order valence-corrected chi connectivity index (χ0v) is 13.3. The summed E-state index contributed by atoms with van der Waals surface area (Å²) < 4.78 is 5.47. The van der Waals surface area contributed by atoms with Gasteiger partial charge in [-0.25, -0.2) is 4.98 Å². The third kappa shape index (κ3) is 3.13. The van der Waals surface area contributed by atoms with Crippen LogP contribution >= 0.6 is 11.3 Å². The number of nitrogen functional groups attached to an aromatic ring is 1. The fraction of sp³-hybridized carbons (Fsp3) is 0.714. The van der Waals surface area contributed by atoms with Crippen molar-refractivity contribution in [2.45, 2.75) is 38.3 Å². The van der Waals surface area contributed by atoms with Crippen LogP contribution in [0.25, 0.3) is 0 Å². The van der Waals surface area contributed by atoms with Crippen LogP contribution < -0.4 is 11.1 Å². The maximum absolute atomic E-state index is 12.6. The fourth-order valence-electron chi connectivity index (χ4n) is 2.62. The molecule has 1 amide bonds. The van der Waals surface area contributed by atoms with E-state index in [-0.39, 0.29) is 12.0 Å². The summed E-state index contributed by atoms with van der Waals surface area (Å²) in [6, 6.07) is 0.507. The van der Waals surface area contributed by atoms with E-state index in [1.807, 2.05) is 4.90 Å². The highest BCUT2D eigenvalue weighted by molar-refractivity contribution is 7.18.